The van der Waals surface area contributed by atoms with Crippen molar-refractivity contribution in [3.05, 3.63) is 96.6 Å². The molecule has 3 aromatic carbocycles. The molecule has 5 atom stereocenters. The van der Waals surface area contributed by atoms with Crippen LogP contribution in [-0.2, 0) is 20.5 Å². The summed E-state index contributed by atoms with van der Waals surface area (Å²) in [5.41, 5.74) is 0.459. The van der Waals surface area contributed by atoms with Crippen LogP contribution < -0.4 is 10.4 Å². The van der Waals surface area contributed by atoms with Gasteiger partial charge in [-0.1, -0.05) is 124 Å². The Labute approximate surface area is 245 Å². The third kappa shape index (κ3) is 5.34. The molecule has 1 aliphatic heterocycles. The van der Waals surface area contributed by atoms with Crippen LogP contribution in [-0.4, -0.2) is 50.9 Å². The van der Waals surface area contributed by atoms with Gasteiger partial charge in [0, 0.05) is 17.8 Å². The molecule has 7 heteroatoms. The minimum Gasteiger partial charge on any atom is -0.404 e. The Morgan fingerprint density at radius 2 is 1.51 bits per heavy atom. The van der Waals surface area contributed by atoms with Crippen molar-refractivity contribution < 1.29 is 13.9 Å². The van der Waals surface area contributed by atoms with E-state index in [1.165, 1.54) is 10.4 Å². The molecular weight excluding hydrogens is 535 g/mol. The molecule has 0 spiro atoms. The first-order chi connectivity index (χ1) is 18.7. The van der Waals surface area contributed by atoms with Crippen LogP contribution in [0.15, 0.2) is 91.0 Å². The van der Waals surface area contributed by atoms with Gasteiger partial charge in [-0.2, -0.15) is 0 Å². The molecule has 39 heavy (non-hydrogen) atoms. The van der Waals surface area contributed by atoms with Gasteiger partial charge in [-0.05, 0) is 33.7 Å². The zero-order valence-electron chi connectivity index (χ0n) is 23.2. The van der Waals surface area contributed by atoms with Crippen molar-refractivity contribution in [2.45, 2.75) is 56.5 Å². The minimum absolute atomic E-state index is 0.00332. The van der Waals surface area contributed by atoms with Crippen molar-refractivity contribution in [2.75, 3.05) is 12.9 Å². The highest BCUT2D eigenvalue weighted by Gasteiger charge is 2.65. The Morgan fingerprint density at radius 1 is 0.974 bits per heavy atom. The Bertz CT molecular complexity index is 1220. The maximum Gasteiger partial charge on any atom is 0.261 e. The molecule has 2 aliphatic rings. The van der Waals surface area contributed by atoms with Crippen molar-refractivity contribution in [3.63, 3.8) is 0 Å². The highest BCUT2D eigenvalue weighted by atomic mass is 32.2. The summed E-state index contributed by atoms with van der Waals surface area (Å²) in [7, 11) is 3.91. The van der Waals surface area contributed by atoms with Crippen molar-refractivity contribution >= 4 is 54.7 Å². The molecule has 2 bridgehead atoms. The van der Waals surface area contributed by atoms with Gasteiger partial charge in [0.25, 0.3) is 8.32 Å². The van der Waals surface area contributed by atoms with Gasteiger partial charge in [0.05, 0.1) is 23.5 Å². The fourth-order valence-electron chi connectivity index (χ4n) is 6.63. The zero-order chi connectivity index (χ0) is 27.7. The zero-order valence-corrected chi connectivity index (χ0v) is 25.8. The molecule has 0 aromatic heterocycles. The van der Waals surface area contributed by atoms with E-state index in [0.717, 1.165) is 16.2 Å². The third-order valence-electron chi connectivity index (χ3n) is 8.37. The van der Waals surface area contributed by atoms with E-state index in [2.05, 4.69) is 93.6 Å². The van der Waals surface area contributed by atoms with Crippen LogP contribution in [0, 0.1) is 11.8 Å². The summed E-state index contributed by atoms with van der Waals surface area (Å²) >= 11 is 7.48. The number of fused-ring (bicyclic) bond motifs is 2. The molecule has 0 N–H and O–H groups in total. The maximum absolute atomic E-state index is 7.39. The SMILES string of the molecule is [B][C@@H]1O[C@@]2(CO[Si](c3ccccc3)(c3ccccc3)C(C)(C)C)C[C@H](C(=S)SC)[C@@H]1[C@@H]2OCc1ccccc1. The molecule has 1 heterocycles. The first-order valence-electron chi connectivity index (χ1n) is 13.6. The maximum atomic E-state index is 7.39. The van der Waals surface area contributed by atoms with Crippen LogP contribution in [0.3, 0.4) is 0 Å². The Hall–Kier alpha value is -1.74. The molecule has 3 aromatic rings. The van der Waals surface area contributed by atoms with E-state index < -0.39 is 19.9 Å². The van der Waals surface area contributed by atoms with Crippen LogP contribution in [0.2, 0.25) is 5.04 Å². The lowest BCUT2D eigenvalue weighted by Gasteiger charge is -2.45. The molecule has 3 nitrogen and oxygen atoms in total. The second-order valence-corrected chi connectivity index (χ2v) is 17.6. The third-order valence-corrected chi connectivity index (χ3v) is 14.9. The molecule has 0 amide bonds. The second-order valence-electron chi connectivity index (χ2n) is 11.7. The first-order valence-corrected chi connectivity index (χ1v) is 17.2. The molecule has 0 unspecified atom stereocenters. The van der Waals surface area contributed by atoms with Gasteiger partial charge in [-0.15, -0.1) is 11.8 Å². The normalized spacial score (nSPS) is 26.6. The predicted octanol–water partition coefficient (Wildman–Crippen LogP) is 5.74. The van der Waals surface area contributed by atoms with Gasteiger partial charge in [-0.3, -0.25) is 0 Å². The lowest BCUT2D eigenvalue weighted by atomic mass is 9.80. The fourth-order valence-corrected chi connectivity index (χ4v) is 12.0. The Morgan fingerprint density at radius 3 is 2.03 bits per heavy atom. The van der Waals surface area contributed by atoms with Crippen LogP contribution >= 0.6 is 24.0 Å². The van der Waals surface area contributed by atoms with Gasteiger partial charge >= 0.3 is 0 Å². The van der Waals surface area contributed by atoms with Crippen LogP contribution in [0.25, 0.3) is 0 Å². The van der Waals surface area contributed by atoms with Crippen molar-refractivity contribution in [1.82, 2.24) is 0 Å². The van der Waals surface area contributed by atoms with Crippen molar-refractivity contribution in [1.29, 1.82) is 0 Å². The van der Waals surface area contributed by atoms with Gasteiger partial charge in [0.2, 0.25) is 0 Å². The Kier molecular flexibility index (Phi) is 8.58. The van der Waals surface area contributed by atoms with E-state index >= 15 is 0 Å². The second kappa shape index (κ2) is 11.6. The molecular formula is C32H37BO3S2Si. The summed E-state index contributed by atoms with van der Waals surface area (Å²) in [6.07, 6.45) is 2.59. The number of ether oxygens (including phenoxy) is 2. The summed E-state index contributed by atoms with van der Waals surface area (Å²) < 4.78 is 21.7. The largest absolute Gasteiger partial charge is 0.404 e. The first kappa shape index (κ1) is 28.8. The van der Waals surface area contributed by atoms with Gasteiger partial charge in [-0.25, -0.2) is 0 Å². The minimum atomic E-state index is -2.77. The highest BCUT2D eigenvalue weighted by Crippen LogP contribution is 2.55. The number of hydrogen-bond acceptors (Lipinski definition) is 5. The Balaban J connectivity index is 1.54. The molecule has 2 fully saturated rings. The van der Waals surface area contributed by atoms with Crippen LogP contribution in [0.4, 0.5) is 0 Å². The number of hydrogen-bond donors (Lipinski definition) is 0. The number of rotatable bonds is 9. The summed E-state index contributed by atoms with van der Waals surface area (Å²) in [5, 5.41) is 2.35. The van der Waals surface area contributed by atoms with Crippen LogP contribution in [0.5, 0.6) is 0 Å². The topological polar surface area (TPSA) is 27.7 Å². The summed E-state index contributed by atoms with van der Waals surface area (Å²) in [5.74, 6) is 0.138. The monoisotopic (exact) mass is 572 g/mol. The standard InChI is InChI=1S/C32H37BO3S2Si/c1-31(2,3)39(24-16-10-6-11-17-24,25-18-12-7-13-19-25)35-22-32-20-26(30(37)38-4)27(29(33)36-32)28(32)34-21-23-14-8-5-9-15-23/h5-19,26-29H,20-22H2,1-4H3/t26-,27+,28-,29+,32+/m0/s1. The molecule has 1 aliphatic carbocycles. The average Bonchev–Trinajstić information content (AvgIpc) is 3.40. The summed E-state index contributed by atoms with van der Waals surface area (Å²) in [4.78, 5) is 0. The van der Waals surface area contributed by atoms with Gasteiger partial charge in [0.1, 0.15) is 13.4 Å². The number of thiocarbonyl (C=S) groups is 1. The summed E-state index contributed by atoms with van der Waals surface area (Å²) in [6.45, 7) is 7.79. The molecule has 5 rings (SSSR count). The number of thioether (sulfide) groups is 1. The fraction of sp³-hybridized carbons (Fsp3) is 0.406. The van der Waals surface area contributed by atoms with E-state index in [0.29, 0.717) is 13.2 Å². The van der Waals surface area contributed by atoms with E-state index in [9.17, 15) is 0 Å². The van der Waals surface area contributed by atoms with Crippen LogP contribution in [0.1, 0.15) is 32.8 Å². The molecule has 2 radical (unpaired) electrons. The lowest BCUT2D eigenvalue weighted by Crippen LogP contribution is -2.68. The van der Waals surface area contributed by atoms with E-state index in [-0.39, 0.29) is 23.0 Å². The lowest BCUT2D eigenvalue weighted by molar-refractivity contribution is -0.116. The van der Waals surface area contributed by atoms with E-state index in [1.807, 2.05) is 24.5 Å². The van der Waals surface area contributed by atoms with Gasteiger partial charge in [0.15, 0.2) is 0 Å². The predicted molar refractivity (Wildman–Crippen MR) is 170 cm³/mol. The van der Waals surface area contributed by atoms with Gasteiger partial charge < -0.3 is 13.9 Å². The number of benzene rings is 3. The van der Waals surface area contributed by atoms with Crippen molar-refractivity contribution in [2.24, 2.45) is 11.8 Å². The smallest absolute Gasteiger partial charge is 0.261 e. The van der Waals surface area contributed by atoms with E-state index in [1.54, 1.807) is 11.8 Å². The summed E-state index contributed by atoms with van der Waals surface area (Å²) in [6, 6.07) is 31.3. The average molecular weight is 573 g/mol. The quantitative estimate of drug-likeness (QED) is 0.241. The van der Waals surface area contributed by atoms with E-state index in [4.69, 9.17) is 34.0 Å². The molecule has 202 valence electrons. The highest BCUT2D eigenvalue weighted by molar-refractivity contribution is 8.22. The van der Waals surface area contributed by atoms with Crippen molar-refractivity contribution in [3.8, 4) is 0 Å². The molecule has 1 saturated heterocycles. The molecule has 1 saturated carbocycles.